The Hall–Kier alpha value is -2.67. The summed E-state index contributed by atoms with van der Waals surface area (Å²) in [6, 6.07) is 14.9. The van der Waals surface area contributed by atoms with E-state index < -0.39 is 5.51 Å². The van der Waals surface area contributed by atoms with Gasteiger partial charge in [0.25, 0.3) is 0 Å². The van der Waals surface area contributed by atoms with Crippen molar-refractivity contribution >= 4 is 34.1 Å². The minimum atomic E-state index is -4.19. The molecule has 3 aromatic rings. The Morgan fingerprint density at radius 2 is 1.37 bits per heavy atom. The number of ketones is 2. The highest BCUT2D eigenvalue weighted by molar-refractivity contribution is 8.00. The van der Waals surface area contributed by atoms with E-state index in [0.29, 0.717) is 10.9 Å². The molecule has 35 heavy (non-hydrogen) atoms. The fourth-order valence-electron chi connectivity index (χ4n) is 2.77. The summed E-state index contributed by atoms with van der Waals surface area (Å²) in [6.07, 6.45) is 0.844. The second kappa shape index (κ2) is 12.9. The molecular formula is C28H32F4O2S. The van der Waals surface area contributed by atoms with E-state index in [9.17, 15) is 27.2 Å². The van der Waals surface area contributed by atoms with Gasteiger partial charge < -0.3 is 0 Å². The third-order valence-electron chi connectivity index (χ3n) is 5.26. The average Bonchev–Trinajstić information content (AvgIpc) is 2.76. The molecule has 0 aromatic heterocycles. The lowest BCUT2D eigenvalue weighted by Gasteiger charge is -2.11. The lowest BCUT2D eigenvalue weighted by atomic mass is 9.92. The monoisotopic (exact) mass is 508 g/mol. The van der Waals surface area contributed by atoms with Gasteiger partial charge in [0.1, 0.15) is 11.6 Å². The molecule has 0 unspecified atom stereocenters. The summed E-state index contributed by atoms with van der Waals surface area (Å²) in [7, 11) is 0. The van der Waals surface area contributed by atoms with E-state index in [1.165, 1.54) is 25.1 Å². The maximum absolute atomic E-state index is 13.6. The lowest BCUT2D eigenvalue weighted by molar-refractivity contribution is -0.124. The Morgan fingerprint density at radius 3 is 1.77 bits per heavy atom. The molecule has 3 rings (SSSR count). The zero-order valence-electron chi connectivity index (χ0n) is 21.1. The topological polar surface area (TPSA) is 34.1 Å². The fourth-order valence-corrected chi connectivity index (χ4v) is 3.31. The molecule has 0 amide bonds. The normalized spacial score (nSPS) is 11.2. The van der Waals surface area contributed by atoms with Crippen molar-refractivity contribution < 1.29 is 27.2 Å². The number of carbonyl (C=O) groups excluding carboxylic acids is 2. The fraction of sp³-hybridized carbons (Fsp3) is 0.357. The van der Waals surface area contributed by atoms with Crippen LogP contribution in [0.3, 0.4) is 0 Å². The molecule has 0 heterocycles. The minimum absolute atomic E-state index is 0.0801. The van der Waals surface area contributed by atoms with Crippen LogP contribution in [0, 0.1) is 18.2 Å². The van der Waals surface area contributed by atoms with Crippen molar-refractivity contribution in [2.75, 3.05) is 0 Å². The standard InChI is InChI=1S/C13H11FO.C9H9F3S.C6H12O/c1-8-10-5-3-4-6-11(10)13(14)7-12(8)9(2)15;1-2-7-3-5-8(6-4-7)13-9(10,11)12;1-5(7)6(2,3)4/h3-7H,1-2H3;3-6H,2H2,1H3;1-4H3. The van der Waals surface area contributed by atoms with Crippen LogP contribution < -0.4 is 0 Å². The van der Waals surface area contributed by atoms with Crippen molar-refractivity contribution in [3.05, 3.63) is 77.1 Å². The number of Topliss-reactive ketones (excluding diaryl/α,β-unsaturated/α-hetero) is 2. The molecule has 0 saturated heterocycles. The highest BCUT2D eigenvalue weighted by Crippen LogP contribution is 2.36. The first kappa shape index (κ1) is 30.4. The van der Waals surface area contributed by atoms with Gasteiger partial charge >= 0.3 is 5.51 Å². The van der Waals surface area contributed by atoms with Crippen LogP contribution in [0.2, 0.25) is 0 Å². The van der Waals surface area contributed by atoms with Crippen LogP contribution in [0.5, 0.6) is 0 Å². The predicted molar refractivity (Wildman–Crippen MR) is 137 cm³/mol. The van der Waals surface area contributed by atoms with Gasteiger partial charge in [0, 0.05) is 21.3 Å². The van der Waals surface area contributed by atoms with Gasteiger partial charge in [-0.05, 0) is 73.7 Å². The quantitative estimate of drug-likeness (QED) is 0.201. The van der Waals surface area contributed by atoms with Crippen LogP contribution in [-0.2, 0) is 11.2 Å². The summed E-state index contributed by atoms with van der Waals surface area (Å²) in [5, 5.41) is 1.38. The molecule has 2 nitrogen and oxygen atoms in total. The van der Waals surface area contributed by atoms with Gasteiger partial charge in [-0.15, -0.1) is 0 Å². The van der Waals surface area contributed by atoms with Crippen molar-refractivity contribution in [2.24, 2.45) is 5.41 Å². The van der Waals surface area contributed by atoms with Gasteiger partial charge in [-0.3, -0.25) is 9.59 Å². The van der Waals surface area contributed by atoms with Crippen molar-refractivity contribution in [1.82, 2.24) is 0 Å². The van der Waals surface area contributed by atoms with Crippen LogP contribution in [-0.4, -0.2) is 17.1 Å². The van der Waals surface area contributed by atoms with Crippen molar-refractivity contribution in [1.29, 1.82) is 0 Å². The van der Waals surface area contributed by atoms with E-state index in [4.69, 9.17) is 0 Å². The molecule has 0 saturated carbocycles. The highest BCUT2D eigenvalue weighted by atomic mass is 32.2. The third kappa shape index (κ3) is 10.2. The Balaban J connectivity index is 0.000000281. The molecule has 0 radical (unpaired) electrons. The Morgan fingerprint density at radius 1 is 0.886 bits per heavy atom. The van der Waals surface area contributed by atoms with Gasteiger partial charge in [0.05, 0.1) is 0 Å². The average molecular weight is 509 g/mol. The van der Waals surface area contributed by atoms with E-state index >= 15 is 0 Å². The maximum atomic E-state index is 13.6. The van der Waals surface area contributed by atoms with Gasteiger partial charge in [0.15, 0.2) is 5.78 Å². The second-order valence-electron chi connectivity index (χ2n) is 8.98. The van der Waals surface area contributed by atoms with E-state index in [0.717, 1.165) is 22.9 Å². The molecule has 3 aromatic carbocycles. The first-order valence-corrected chi connectivity index (χ1v) is 11.9. The summed E-state index contributed by atoms with van der Waals surface area (Å²) in [4.78, 5) is 22.0. The van der Waals surface area contributed by atoms with Gasteiger partial charge in [-0.25, -0.2) is 4.39 Å². The number of alkyl halides is 3. The number of hydrogen-bond acceptors (Lipinski definition) is 3. The summed E-state index contributed by atoms with van der Waals surface area (Å²) >= 11 is -0.0801. The summed E-state index contributed by atoms with van der Waals surface area (Å²) < 4.78 is 49.3. The smallest absolute Gasteiger partial charge is 0.299 e. The summed E-state index contributed by atoms with van der Waals surface area (Å²) in [5.41, 5.74) is -1.97. The molecule has 190 valence electrons. The molecule has 0 spiro atoms. The van der Waals surface area contributed by atoms with Crippen LogP contribution in [0.25, 0.3) is 10.8 Å². The largest absolute Gasteiger partial charge is 0.446 e. The second-order valence-corrected chi connectivity index (χ2v) is 10.1. The zero-order chi connectivity index (χ0) is 27.0. The number of carbonyl (C=O) groups is 2. The molecular weight excluding hydrogens is 476 g/mol. The number of aryl methyl sites for hydroxylation is 2. The molecule has 7 heteroatoms. The number of thioether (sulfide) groups is 1. The Kier molecular flexibility index (Phi) is 11.2. The number of benzene rings is 3. The van der Waals surface area contributed by atoms with Crippen LogP contribution in [0.15, 0.2) is 59.5 Å². The molecule has 0 atom stereocenters. The number of fused-ring (bicyclic) bond motifs is 1. The predicted octanol–water partition coefficient (Wildman–Crippen LogP) is 8.97. The van der Waals surface area contributed by atoms with E-state index in [2.05, 4.69) is 0 Å². The SMILES string of the molecule is CC(=O)C(C)(C)C.CC(=O)c1cc(F)c2ccccc2c1C.CCc1ccc(SC(F)(F)F)cc1. The first-order chi connectivity index (χ1) is 16.1. The van der Waals surface area contributed by atoms with Gasteiger partial charge in [-0.1, -0.05) is 64.1 Å². The summed E-state index contributed by atoms with van der Waals surface area (Å²) in [5.74, 6) is -0.189. The molecule has 0 aliphatic carbocycles. The number of rotatable bonds is 3. The van der Waals surface area contributed by atoms with Gasteiger partial charge in [0.2, 0.25) is 0 Å². The minimum Gasteiger partial charge on any atom is -0.299 e. The molecule has 0 aliphatic rings. The summed E-state index contributed by atoms with van der Waals surface area (Å²) in [6.45, 7) is 12.6. The van der Waals surface area contributed by atoms with Gasteiger partial charge in [-0.2, -0.15) is 13.2 Å². The Labute approximate surface area is 209 Å². The highest BCUT2D eigenvalue weighted by Gasteiger charge is 2.28. The van der Waals surface area contributed by atoms with Crippen LogP contribution >= 0.6 is 11.8 Å². The van der Waals surface area contributed by atoms with E-state index in [1.807, 2.05) is 46.8 Å². The van der Waals surface area contributed by atoms with E-state index in [-0.39, 0.29) is 39.5 Å². The lowest BCUT2D eigenvalue weighted by Crippen LogP contribution is -2.15. The molecule has 0 bridgehead atoms. The zero-order valence-corrected chi connectivity index (χ0v) is 22.0. The third-order valence-corrected chi connectivity index (χ3v) is 6.00. The number of hydrogen-bond donors (Lipinski definition) is 0. The molecule has 0 fully saturated rings. The van der Waals surface area contributed by atoms with Crippen molar-refractivity contribution in [3.63, 3.8) is 0 Å². The van der Waals surface area contributed by atoms with Crippen molar-refractivity contribution in [2.45, 2.75) is 65.3 Å². The van der Waals surface area contributed by atoms with Crippen LogP contribution in [0.4, 0.5) is 17.6 Å². The molecule has 0 N–H and O–H groups in total. The van der Waals surface area contributed by atoms with E-state index in [1.54, 1.807) is 31.2 Å². The number of halogens is 4. The molecule has 0 aliphatic heterocycles. The Bertz CT molecular complexity index is 1140. The first-order valence-electron chi connectivity index (χ1n) is 11.1. The van der Waals surface area contributed by atoms with Crippen molar-refractivity contribution in [3.8, 4) is 0 Å². The van der Waals surface area contributed by atoms with Crippen LogP contribution in [0.1, 0.15) is 63.0 Å². The maximum Gasteiger partial charge on any atom is 0.446 e.